The number of aromatic nitrogens is 1. The third-order valence-corrected chi connectivity index (χ3v) is 5.80. The smallest absolute Gasteiger partial charge is 0.224 e. The number of nitrogens with zero attached hydrogens (tertiary/aromatic N) is 2. The lowest BCUT2D eigenvalue weighted by Crippen LogP contribution is -2.44. The highest BCUT2D eigenvalue weighted by Crippen LogP contribution is 2.36. The molecule has 0 bridgehead atoms. The Morgan fingerprint density at radius 1 is 1.06 bits per heavy atom. The molecule has 3 aromatic rings. The quantitative estimate of drug-likeness (QED) is 0.537. The molecule has 5 heteroatoms. The molecule has 0 spiro atoms. The Balaban J connectivity index is 1.90. The van der Waals surface area contributed by atoms with Crippen molar-refractivity contribution in [1.82, 2.24) is 4.68 Å². The molecule has 0 unspecified atom stereocenters. The molecular weight excluding hydrogens is 400 g/mol. The zero-order valence-electron chi connectivity index (χ0n) is 18.7. The van der Waals surface area contributed by atoms with Crippen LogP contribution in [0.1, 0.15) is 50.1 Å². The summed E-state index contributed by atoms with van der Waals surface area (Å²) in [6.07, 6.45) is 4.26. The molecule has 0 radical (unpaired) electrons. The Morgan fingerprint density at radius 2 is 1.66 bits per heavy atom. The van der Waals surface area contributed by atoms with Gasteiger partial charge in [0.1, 0.15) is 0 Å². The maximum absolute atomic E-state index is 12.4. The van der Waals surface area contributed by atoms with Gasteiger partial charge in [-0.3, -0.25) is 14.5 Å². The molecule has 5 nitrogen and oxygen atoms in total. The predicted octanol–water partition coefficient (Wildman–Crippen LogP) is 5.36. The van der Waals surface area contributed by atoms with Crippen LogP contribution in [0.25, 0.3) is 5.76 Å². The Hall–Kier alpha value is -3.73. The first-order valence-electron chi connectivity index (χ1n) is 10.8. The number of pyridine rings is 1. The van der Waals surface area contributed by atoms with E-state index in [0.717, 1.165) is 28.7 Å². The predicted molar refractivity (Wildman–Crippen MR) is 128 cm³/mol. The Morgan fingerprint density at radius 3 is 2.22 bits per heavy atom. The zero-order valence-corrected chi connectivity index (χ0v) is 18.7. The minimum Gasteiger partial charge on any atom is -0.503 e. The van der Waals surface area contributed by atoms with Gasteiger partial charge in [0.25, 0.3) is 0 Å². The molecule has 0 amide bonds. The van der Waals surface area contributed by atoms with Gasteiger partial charge in [-0.05, 0) is 42.5 Å². The van der Waals surface area contributed by atoms with Gasteiger partial charge in [-0.2, -0.15) is 0 Å². The summed E-state index contributed by atoms with van der Waals surface area (Å²) >= 11 is 0. The lowest BCUT2D eigenvalue weighted by atomic mass is 9.97. The van der Waals surface area contributed by atoms with E-state index in [1.54, 1.807) is 12.5 Å². The summed E-state index contributed by atoms with van der Waals surface area (Å²) in [6.45, 7) is 6.59. The van der Waals surface area contributed by atoms with Crippen molar-refractivity contribution in [3.05, 3.63) is 117 Å². The van der Waals surface area contributed by atoms with Crippen LogP contribution in [-0.4, -0.2) is 16.3 Å². The minimum atomic E-state index is -0.431. The van der Waals surface area contributed by atoms with Crippen molar-refractivity contribution in [3.8, 4) is 5.75 Å². The Labute approximate surface area is 188 Å². The number of hydrogen-bond acceptors (Lipinski definition) is 4. The molecule has 0 saturated heterocycles. The molecule has 4 rings (SSSR count). The fourth-order valence-electron chi connectivity index (χ4n) is 3.96. The molecule has 2 aromatic carbocycles. The molecule has 1 aromatic heterocycles. The van der Waals surface area contributed by atoms with Crippen molar-refractivity contribution >= 4 is 5.76 Å². The summed E-state index contributed by atoms with van der Waals surface area (Å²) in [4.78, 5) is 12.4. The van der Waals surface area contributed by atoms with Crippen molar-refractivity contribution in [2.24, 2.45) is 0 Å². The van der Waals surface area contributed by atoms with Crippen LogP contribution in [-0.2, 0) is 4.74 Å². The summed E-state index contributed by atoms with van der Waals surface area (Å²) < 4.78 is 7.87. The number of hydrogen-bond donors (Lipinski definition) is 1. The van der Waals surface area contributed by atoms with Gasteiger partial charge in [-0.25, -0.2) is 0 Å². The second kappa shape index (κ2) is 9.18. The molecule has 0 atom stereocenters. The fourth-order valence-corrected chi connectivity index (χ4v) is 3.96. The first-order valence-corrected chi connectivity index (χ1v) is 10.8. The Bertz CT molecular complexity index is 1170. The summed E-state index contributed by atoms with van der Waals surface area (Å²) in [7, 11) is 0. The number of benzene rings is 2. The fraction of sp³-hybridized carbons (Fsp3) is 0.222. The number of ether oxygens (including phenoxy) is 1. The van der Waals surface area contributed by atoms with Crippen LogP contribution in [0.2, 0.25) is 0 Å². The number of fused-ring (bicyclic) bond motifs is 1. The van der Waals surface area contributed by atoms with Crippen LogP contribution in [0.5, 0.6) is 5.75 Å². The molecule has 1 aliphatic heterocycles. The average Bonchev–Trinajstić information content (AvgIpc) is 2.82. The number of allylic oxidation sites excluding steroid dienone is 1. The van der Waals surface area contributed by atoms with Crippen LogP contribution in [0, 0.1) is 0 Å². The van der Waals surface area contributed by atoms with E-state index in [4.69, 9.17) is 4.74 Å². The molecule has 0 saturated carbocycles. The topological polar surface area (TPSA) is 54.7 Å². The second-order valence-corrected chi connectivity index (χ2v) is 8.09. The van der Waals surface area contributed by atoms with Gasteiger partial charge >= 0.3 is 0 Å². The molecule has 2 heterocycles. The van der Waals surface area contributed by atoms with Gasteiger partial charge in [0.2, 0.25) is 5.43 Å². The van der Waals surface area contributed by atoms with Gasteiger partial charge in [-0.1, -0.05) is 67.6 Å². The SMILES string of the molecule is CC/C(C)=C/OC1=C(C)CN(C(c2ccccc2)c2ccccc2)n2ccc(=O)c(O)c21. The number of aromatic hydroxyl groups is 1. The van der Waals surface area contributed by atoms with Crippen molar-refractivity contribution < 1.29 is 9.84 Å². The van der Waals surface area contributed by atoms with Crippen LogP contribution in [0.15, 0.2) is 95.1 Å². The van der Waals surface area contributed by atoms with Crippen LogP contribution >= 0.6 is 0 Å². The summed E-state index contributed by atoms with van der Waals surface area (Å²) in [5.41, 5.74) is 4.17. The standard InChI is InChI=1S/C27H28N2O3/c1-4-19(2)18-32-27-20(3)17-29(28-16-15-23(30)26(31)25(27)28)24(21-11-7-5-8-12-21)22-13-9-6-10-14-22/h5-16,18,24,31H,4,17H2,1-3H3/b19-18+. The third-order valence-electron chi connectivity index (χ3n) is 5.80. The molecule has 1 aliphatic rings. The molecule has 164 valence electrons. The maximum atomic E-state index is 12.4. The van der Waals surface area contributed by atoms with Crippen LogP contribution in [0.3, 0.4) is 0 Å². The van der Waals surface area contributed by atoms with E-state index < -0.39 is 5.43 Å². The van der Waals surface area contributed by atoms with Crippen LogP contribution < -0.4 is 10.4 Å². The average molecular weight is 429 g/mol. The summed E-state index contributed by atoms with van der Waals surface area (Å²) in [5.74, 6) is 0.207. The monoisotopic (exact) mass is 428 g/mol. The van der Waals surface area contributed by atoms with Gasteiger partial charge < -0.3 is 9.84 Å². The summed E-state index contributed by atoms with van der Waals surface area (Å²) in [6, 6.07) is 21.7. The first kappa shape index (κ1) is 21.5. The molecule has 1 N–H and O–H groups in total. The second-order valence-electron chi connectivity index (χ2n) is 8.09. The molecule has 0 fully saturated rings. The lowest BCUT2D eigenvalue weighted by molar-refractivity contribution is 0.385. The van der Waals surface area contributed by atoms with E-state index >= 15 is 0 Å². The molecular formula is C27H28N2O3. The van der Waals surface area contributed by atoms with Crippen molar-refractivity contribution in [2.45, 2.75) is 33.2 Å². The minimum absolute atomic E-state index is 0.123. The van der Waals surface area contributed by atoms with Crippen molar-refractivity contribution in [3.63, 3.8) is 0 Å². The van der Waals surface area contributed by atoms with Gasteiger partial charge in [0.05, 0.1) is 18.8 Å². The lowest BCUT2D eigenvalue weighted by Gasteiger charge is -2.40. The molecule has 0 aliphatic carbocycles. The number of rotatable bonds is 6. The highest BCUT2D eigenvalue weighted by Gasteiger charge is 2.32. The van der Waals surface area contributed by atoms with Crippen LogP contribution in [0.4, 0.5) is 0 Å². The van der Waals surface area contributed by atoms with Crippen molar-refractivity contribution in [2.75, 3.05) is 11.6 Å². The first-order chi connectivity index (χ1) is 15.5. The third kappa shape index (κ3) is 4.06. The van der Waals surface area contributed by atoms with Gasteiger partial charge in [0, 0.05) is 12.3 Å². The van der Waals surface area contributed by atoms with E-state index in [9.17, 15) is 9.90 Å². The van der Waals surface area contributed by atoms with E-state index in [1.807, 2.05) is 54.9 Å². The van der Waals surface area contributed by atoms with E-state index in [2.05, 4.69) is 36.2 Å². The van der Waals surface area contributed by atoms with E-state index in [1.165, 1.54) is 6.07 Å². The van der Waals surface area contributed by atoms with E-state index in [0.29, 0.717) is 18.0 Å². The van der Waals surface area contributed by atoms with E-state index in [-0.39, 0.29) is 11.8 Å². The largest absolute Gasteiger partial charge is 0.503 e. The van der Waals surface area contributed by atoms with Gasteiger partial charge in [0.15, 0.2) is 17.2 Å². The zero-order chi connectivity index (χ0) is 22.7. The normalized spacial score (nSPS) is 14.0. The maximum Gasteiger partial charge on any atom is 0.224 e. The highest BCUT2D eigenvalue weighted by atomic mass is 16.5. The van der Waals surface area contributed by atoms with Crippen molar-refractivity contribution in [1.29, 1.82) is 0 Å². The van der Waals surface area contributed by atoms with Gasteiger partial charge in [-0.15, -0.1) is 0 Å². The summed E-state index contributed by atoms with van der Waals surface area (Å²) in [5, 5.41) is 13.0. The highest BCUT2D eigenvalue weighted by molar-refractivity contribution is 5.68. The molecule has 32 heavy (non-hydrogen) atoms. The Kier molecular flexibility index (Phi) is 6.17.